The van der Waals surface area contributed by atoms with Gasteiger partial charge in [0.1, 0.15) is 0 Å². The Morgan fingerprint density at radius 1 is 1.07 bits per heavy atom. The average Bonchev–Trinajstić information content (AvgIpc) is 3.18. The van der Waals surface area contributed by atoms with Gasteiger partial charge in [0.05, 0.1) is 30.4 Å². The Hall–Kier alpha value is -2.79. The number of hydrogen-bond donors (Lipinski definition) is 0. The van der Waals surface area contributed by atoms with Crippen molar-refractivity contribution in [2.45, 2.75) is 0 Å². The summed E-state index contributed by atoms with van der Waals surface area (Å²) in [6.45, 7) is 5.72. The van der Waals surface area contributed by atoms with Crippen LogP contribution in [0, 0.1) is 10.1 Å². The zero-order valence-electron chi connectivity index (χ0n) is 14.7. The van der Waals surface area contributed by atoms with Gasteiger partial charge in [-0.05, 0) is 16.4 Å². The van der Waals surface area contributed by atoms with Crippen LogP contribution in [-0.4, -0.2) is 90.0 Å². The highest BCUT2D eigenvalue weighted by Gasteiger charge is 2.26. The van der Waals surface area contributed by atoms with Crippen molar-refractivity contribution in [3.05, 3.63) is 22.2 Å². The van der Waals surface area contributed by atoms with Crippen molar-refractivity contribution in [2.24, 2.45) is 0 Å². The highest BCUT2D eigenvalue weighted by molar-refractivity contribution is 5.93. The molecule has 11 nitrogen and oxygen atoms in total. The first-order chi connectivity index (χ1) is 13.1. The second kappa shape index (κ2) is 7.45. The second-order valence-electron chi connectivity index (χ2n) is 6.58. The molecular formula is C16H20N6O5. The molecule has 0 saturated carbocycles. The lowest BCUT2D eigenvalue weighted by molar-refractivity contribution is -0.383. The molecule has 0 atom stereocenters. The smallest absolute Gasteiger partial charge is 0.300 e. The van der Waals surface area contributed by atoms with Crippen LogP contribution in [0.5, 0.6) is 0 Å². The van der Waals surface area contributed by atoms with Gasteiger partial charge in [-0.3, -0.25) is 19.8 Å². The van der Waals surface area contributed by atoms with Crippen molar-refractivity contribution in [3.8, 4) is 0 Å². The van der Waals surface area contributed by atoms with Crippen LogP contribution in [0.4, 0.5) is 11.4 Å². The number of amides is 1. The summed E-state index contributed by atoms with van der Waals surface area (Å²) in [5.74, 6) is 0.130. The number of ether oxygens (including phenoxy) is 1. The molecule has 4 rings (SSSR count). The van der Waals surface area contributed by atoms with Crippen LogP contribution in [0.1, 0.15) is 0 Å². The Morgan fingerprint density at radius 2 is 1.78 bits per heavy atom. The number of benzene rings is 1. The van der Waals surface area contributed by atoms with E-state index in [0.717, 1.165) is 18.8 Å². The summed E-state index contributed by atoms with van der Waals surface area (Å²) >= 11 is 0. The fourth-order valence-corrected chi connectivity index (χ4v) is 3.49. The lowest BCUT2D eigenvalue weighted by Crippen LogP contribution is -2.51. The maximum Gasteiger partial charge on any atom is 0.300 e. The molecule has 3 heterocycles. The molecule has 27 heavy (non-hydrogen) atoms. The minimum Gasteiger partial charge on any atom is -0.378 e. The number of nitro groups is 1. The topological polar surface area (TPSA) is 118 Å². The van der Waals surface area contributed by atoms with Crippen LogP contribution in [0.25, 0.3) is 11.0 Å². The van der Waals surface area contributed by atoms with Crippen LogP contribution in [0.3, 0.4) is 0 Å². The van der Waals surface area contributed by atoms with Gasteiger partial charge in [-0.1, -0.05) is 0 Å². The van der Waals surface area contributed by atoms with E-state index in [9.17, 15) is 14.9 Å². The van der Waals surface area contributed by atoms with E-state index in [1.165, 1.54) is 6.07 Å². The van der Waals surface area contributed by atoms with Crippen molar-refractivity contribution in [1.29, 1.82) is 0 Å². The first-order valence-corrected chi connectivity index (χ1v) is 8.86. The number of aromatic nitrogens is 2. The van der Waals surface area contributed by atoms with Gasteiger partial charge in [0.25, 0.3) is 0 Å². The molecule has 0 radical (unpaired) electrons. The van der Waals surface area contributed by atoms with Crippen molar-refractivity contribution in [1.82, 2.24) is 20.1 Å². The number of morpholine rings is 1. The van der Waals surface area contributed by atoms with Crippen LogP contribution in [-0.2, 0) is 9.53 Å². The van der Waals surface area contributed by atoms with E-state index in [1.54, 1.807) is 6.07 Å². The highest BCUT2D eigenvalue weighted by Crippen LogP contribution is 2.31. The van der Waals surface area contributed by atoms with E-state index >= 15 is 0 Å². The largest absolute Gasteiger partial charge is 0.378 e. The van der Waals surface area contributed by atoms with Crippen molar-refractivity contribution >= 4 is 28.3 Å². The van der Waals surface area contributed by atoms with Gasteiger partial charge in [-0.25, -0.2) is 4.63 Å². The van der Waals surface area contributed by atoms with Crippen molar-refractivity contribution in [2.75, 3.05) is 63.9 Å². The maximum absolute atomic E-state index is 12.4. The Labute approximate surface area is 154 Å². The number of carbonyl (C=O) groups excluding carboxylic acids is 1. The first-order valence-electron chi connectivity index (χ1n) is 8.86. The number of nitrogens with zero attached hydrogens (tertiary/aromatic N) is 6. The predicted octanol–water partition coefficient (Wildman–Crippen LogP) is 0.112. The number of nitro benzene ring substituents is 1. The SMILES string of the molecule is O=C(CN1CCN(c2ccc([N+](=O)[O-])c3nonc23)CC1)N1CCOCC1. The molecule has 1 amide bonds. The number of rotatable bonds is 4. The lowest BCUT2D eigenvalue weighted by Gasteiger charge is -2.37. The van der Waals surface area contributed by atoms with Crippen LogP contribution >= 0.6 is 0 Å². The number of non-ortho nitro benzene ring substituents is 1. The van der Waals surface area contributed by atoms with E-state index in [4.69, 9.17) is 9.37 Å². The number of carbonyl (C=O) groups is 1. The van der Waals surface area contributed by atoms with Gasteiger partial charge in [0.15, 0.2) is 5.52 Å². The molecule has 144 valence electrons. The number of fused-ring (bicyclic) bond motifs is 1. The summed E-state index contributed by atoms with van der Waals surface area (Å²) < 4.78 is 10.0. The molecule has 2 fully saturated rings. The molecule has 0 aliphatic carbocycles. The fourth-order valence-electron chi connectivity index (χ4n) is 3.49. The summed E-state index contributed by atoms with van der Waals surface area (Å²) in [4.78, 5) is 29.1. The highest BCUT2D eigenvalue weighted by atomic mass is 16.6. The number of piperazine rings is 1. The van der Waals surface area contributed by atoms with E-state index in [1.807, 2.05) is 4.90 Å². The van der Waals surface area contributed by atoms with Gasteiger partial charge < -0.3 is 14.5 Å². The predicted molar refractivity (Wildman–Crippen MR) is 94.5 cm³/mol. The zero-order valence-corrected chi connectivity index (χ0v) is 14.7. The third-order valence-electron chi connectivity index (χ3n) is 5.01. The standard InChI is InChI=1S/C16H20N6O5/c23-14(21-7-9-26-10-8-21)11-19-3-5-20(6-4-19)12-1-2-13(22(24)25)16-15(12)17-27-18-16/h1-2H,3-11H2. The minimum atomic E-state index is -0.495. The summed E-state index contributed by atoms with van der Waals surface area (Å²) in [5.41, 5.74) is 1.19. The molecule has 0 unspecified atom stereocenters. The van der Waals surface area contributed by atoms with Crippen LogP contribution < -0.4 is 4.90 Å². The maximum atomic E-state index is 12.4. The molecule has 11 heteroatoms. The quantitative estimate of drug-likeness (QED) is 0.541. The lowest BCUT2D eigenvalue weighted by atomic mass is 10.2. The molecule has 2 saturated heterocycles. The Bertz CT molecular complexity index is 841. The molecule has 0 spiro atoms. The molecule has 2 aromatic rings. The summed E-state index contributed by atoms with van der Waals surface area (Å²) in [6.07, 6.45) is 0. The molecule has 2 aliphatic heterocycles. The Balaban J connectivity index is 1.40. The van der Waals surface area contributed by atoms with Gasteiger partial charge in [0.2, 0.25) is 11.4 Å². The molecule has 0 bridgehead atoms. The molecule has 1 aromatic heterocycles. The summed E-state index contributed by atoms with van der Waals surface area (Å²) in [5, 5.41) is 18.6. The third kappa shape index (κ3) is 3.55. The fraction of sp³-hybridized carbons (Fsp3) is 0.562. The number of hydrogen-bond acceptors (Lipinski definition) is 9. The molecule has 1 aromatic carbocycles. The van der Waals surface area contributed by atoms with E-state index < -0.39 is 4.92 Å². The van der Waals surface area contributed by atoms with Crippen molar-refractivity contribution < 1.29 is 19.1 Å². The Morgan fingerprint density at radius 3 is 2.48 bits per heavy atom. The van der Waals surface area contributed by atoms with E-state index in [-0.39, 0.29) is 17.1 Å². The van der Waals surface area contributed by atoms with E-state index in [2.05, 4.69) is 20.1 Å². The Kier molecular flexibility index (Phi) is 4.86. The van der Waals surface area contributed by atoms with E-state index in [0.29, 0.717) is 51.5 Å². The van der Waals surface area contributed by atoms with Crippen LogP contribution in [0.2, 0.25) is 0 Å². The molecule has 0 N–H and O–H groups in total. The zero-order chi connectivity index (χ0) is 18.8. The normalized spacial score (nSPS) is 18.8. The number of anilines is 1. The third-order valence-corrected chi connectivity index (χ3v) is 5.01. The van der Waals surface area contributed by atoms with Gasteiger partial charge in [-0.2, -0.15) is 0 Å². The summed E-state index contributed by atoms with van der Waals surface area (Å²) in [7, 11) is 0. The summed E-state index contributed by atoms with van der Waals surface area (Å²) in [6, 6.07) is 3.11. The minimum absolute atomic E-state index is 0.121. The molecule has 2 aliphatic rings. The first kappa shape index (κ1) is 17.6. The van der Waals surface area contributed by atoms with Crippen molar-refractivity contribution in [3.63, 3.8) is 0 Å². The van der Waals surface area contributed by atoms with Crippen LogP contribution in [0.15, 0.2) is 16.8 Å². The molecular weight excluding hydrogens is 356 g/mol. The monoisotopic (exact) mass is 376 g/mol. The van der Waals surface area contributed by atoms with Gasteiger partial charge in [-0.15, -0.1) is 0 Å². The van der Waals surface area contributed by atoms with Gasteiger partial charge in [0, 0.05) is 45.3 Å². The van der Waals surface area contributed by atoms with Gasteiger partial charge >= 0.3 is 5.69 Å². The second-order valence-corrected chi connectivity index (χ2v) is 6.58. The average molecular weight is 376 g/mol.